The normalized spacial score (nSPS) is 11.3. The van der Waals surface area contributed by atoms with Gasteiger partial charge in [0.05, 0.1) is 11.2 Å². The number of hydrogen-bond acceptors (Lipinski definition) is 4. The fourth-order valence-corrected chi connectivity index (χ4v) is 2.19. The third kappa shape index (κ3) is 1.56. The zero-order valence-corrected chi connectivity index (χ0v) is 11.0. The van der Waals surface area contributed by atoms with Crippen LogP contribution in [0.5, 0.6) is 0 Å². The Morgan fingerprint density at radius 3 is 2.68 bits per heavy atom. The lowest BCUT2D eigenvalue weighted by Gasteiger charge is -1.99. The van der Waals surface area contributed by atoms with Crippen molar-refractivity contribution in [2.45, 2.75) is 6.92 Å². The van der Waals surface area contributed by atoms with E-state index in [1.165, 1.54) is 4.57 Å². The molecular formula is C13H14N4O2. The molecule has 98 valence electrons. The van der Waals surface area contributed by atoms with E-state index in [2.05, 4.69) is 5.10 Å². The predicted molar refractivity (Wildman–Crippen MR) is 72.8 cm³/mol. The van der Waals surface area contributed by atoms with Crippen molar-refractivity contribution in [1.29, 1.82) is 0 Å². The molecule has 3 rings (SSSR count). The molecule has 0 aliphatic heterocycles. The highest BCUT2D eigenvalue weighted by Crippen LogP contribution is 2.28. The van der Waals surface area contributed by atoms with Crippen molar-refractivity contribution in [3.63, 3.8) is 0 Å². The number of oxazole rings is 1. The number of aromatic nitrogens is 3. The zero-order chi connectivity index (χ0) is 13.7. The van der Waals surface area contributed by atoms with Gasteiger partial charge in [-0.1, -0.05) is 0 Å². The van der Waals surface area contributed by atoms with Crippen molar-refractivity contribution in [3.05, 3.63) is 34.3 Å². The summed E-state index contributed by atoms with van der Waals surface area (Å²) in [5.41, 5.74) is 9.88. The number of anilines is 1. The summed E-state index contributed by atoms with van der Waals surface area (Å²) in [5.74, 6) is 0.264. The van der Waals surface area contributed by atoms with Crippen LogP contribution >= 0.6 is 0 Å². The Morgan fingerprint density at radius 2 is 2.05 bits per heavy atom. The molecule has 2 aromatic heterocycles. The molecule has 0 fully saturated rings. The lowest BCUT2D eigenvalue weighted by atomic mass is 10.1. The van der Waals surface area contributed by atoms with Crippen molar-refractivity contribution in [2.75, 3.05) is 5.73 Å². The molecule has 19 heavy (non-hydrogen) atoms. The summed E-state index contributed by atoms with van der Waals surface area (Å²) < 4.78 is 8.22. The van der Waals surface area contributed by atoms with Gasteiger partial charge in [0, 0.05) is 25.2 Å². The maximum atomic E-state index is 11.5. The van der Waals surface area contributed by atoms with E-state index < -0.39 is 0 Å². The Kier molecular flexibility index (Phi) is 2.28. The van der Waals surface area contributed by atoms with Crippen molar-refractivity contribution >= 4 is 16.9 Å². The van der Waals surface area contributed by atoms with Crippen LogP contribution in [-0.2, 0) is 14.1 Å². The number of aryl methyl sites for hydroxylation is 2. The number of benzene rings is 1. The van der Waals surface area contributed by atoms with Gasteiger partial charge in [-0.15, -0.1) is 0 Å². The maximum Gasteiger partial charge on any atom is 0.419 e. The molecule has 3 aromatic rings. The first kappa shape index (κ1) is 11.6. The van der Waals surface area contributed by atoms with E-state index in [1.807, 2.05) is 19.1 Å². The SMILES string of the molecule is Cc1c(-c2ccc3oc(=O)n(C)c3c2)nn(C)c1N. The molecule has 0 atom stereocenters. The van der Waals surface area contributed by atoms with Gasteiger partial charge in [-0.2, -0.15) is 5.10 Å². The van der Waals surface area contributed by atoms with Crippen LogP contribution in [0.25, 0.3) is 22.4 Å². The van der Waals surface area contributed by atoms with E-state index in [0.717, 1.165) is 22.3 Å². The van der Waals surface area contributed by atoms with Crippen molar-refractivity contribution in [1.82, 2.24) is 14.3 Å². The third-order valence-corrected chi connectivity index (χ3v) is 3.40. The smallest absolute Gasteiger partial charge is 0.408 e. The van der Waals surface area contributed by atoms with E-state index in [4.69, 9.17) is 10.2 Å². The van der Waals surface area contributed by atoms with Crippen LogP contribution in [0.2, 0.25) is 0 Å². The first-order valence-corrected chi connectivity index (χ1v) is 5.88. The Bertz CT molecular complexity index is 838. The van der Waals surface area contributed by atoms with E-state index >= 15 is 0 Å². The first-order valence-electron chi connectivity index (χ1n) is 5.88. The first-order chi connectivity index (χ1) is 8.99. The molecule has 0 aliphatic rings. The number of hydrogen-bond donors (Lipinski definition) is 1. The molecule has 2 N–H and O–H groups in total. The van der Waals surface area contributed by atoms with E-state index in [-0.39, 0.29) is 5.76 Å². The Labute approximate surface area is 109 Å². The highest BCUT2D eigenvalue weighted by Gasteiger charge is 2.13. The molecule has 1 aromatic carbocycles. The lowest BCUT2D eigenvalue weighted by molar-refractivity contribution is 0.528. The average molecular weight is 258 g/mol. The van der Waals surface area contributed by atoms with Gasteiger partial charge >= 0.3 is 5.76 Å². The van der Waals surface area contributed by atoms with Gasteiger partial charge in [-0.25, -0.2) is 4.79 Å². The quantitative estimate of drug-likeness (QED) is 0.716. The molecule has 0 radical (unpaired) electrons. The molecule has 0 aliphatic carbocycles. The van der Waals surface area contributed by atoms with Crippen LogP contribution < -0.4 is 11.5 Å². The summed E-state index contributed by atoms with van der Waals surface area (Å²) >= 11 is 0. The fourth-order valence-electron chi connectivity index (χ4n) is 2.19. The largest absolute Gasteiger partial charge is 0.419 e. The Balaban J connectivity index is 2.28. The predicted octanol–water partition coefficient (Wildman–Crippen LogP) is 1.42. The van der Waals surface area contributed by atoms with Gasteiger partial charge in [-0.05, 0) is 25.1 Å². The molecule has 0 bridgehead atoms. The van der Waals surface area contributed by atoms with Gasteiger partial charge < -0.3 is 10.2 Å². The fraction of sp³-hybridized carbons (Fsp3) is 0.231. The van der Waals surface area contributed by atoms with Crippen molar-refractivity contribution in [3.8, 4) is 11.3 Å². The highest BCUT2D eigenvalue weighted by molar-refractivity contribution is 5.81. The van der Waals surface area contributed by atoms with E-state index in [0.29, 0.717) is 11.4 Å². The average Bonchev–Trinajstić information content (AvgIpc) is 2.82. The van der Waals surface area contributed by atoms with Gasteiger partial charge in [0.1, 0.15) is 5.82 Å². The zero-order valence-electron chi connectivity index (χ0n) is 11.0. The third-order valence-electron chi connectivity index (χ3n) is 3.40. The number of rotatable bonds is 1. The summed E-state index contributed by atoms with van der Waals surface area (Å²) in [6.45, 7) is 1.93. The number of nitrogens with two attached hydrogens (primary N) is 1. The molecule has 6 nitrogen and oxygen atoms in total. The van der Waals surface area contributed by atoms with Crippen LogP contribution in [-0.4, -0.2) is 14.3 Å². The summed E-state index contributed by atoms with van der Waals surface area (Å²) in [7, 11) is 3.48. The molecule has 0 spiro atoms. The molecule has 2 heterocycles. The Hall–Kier alpha value is -2.50. The number of fused-ring (bicyclic) bond motifs is 1. The minimum absolute atomic E-state index is 0.371. The van der Waals surface area contributed by atoms with Gasteiger partial charge in [0.2, 0.25) is 0 Å². The van der Waals surface area contributed by atoms with Crippen LogP contribution in [0.4, 0.5) is 5.82 Å². The minimum atomic E-state index is -0.371. The van der Waals surface area contributed by atoms with Crippen molar-refractivity contribution < 1.29 is 4.42 Å². The highest BCUT2D eigenvalue weighted by atomic mass is 16.4. The summed E-state index contributed by atoms with van der Waals surface area (Å²) in [6, 6.07) is 5.53. The van der Waals surface area contributed by atoms with Crippen LogP contribution in [0.3, 0.4) is 0 Å². The molecule has 0 unspecified atom stereocenters. The second-order valence-corrected chi connectivity index (χ2v) is 4.59. The monoisotopic (exact) mass is 258 g/mol. The molecule has 0 saturated carbocycles. The van der Waals surface area contributed by atoms with Crippen LogP contribution in [0.1, 0.15) is 5.56 Å². The number of nitrogens with zero attached hydrogens (tertiary/aromatic N) is 3. The Morgan fingerprint density at radius 1 is 1.32 bits per heavy atom. The van der Waals surface area contributed by atoms with E-state index in [1.54, 1.807) is 24.8 Å². The summed E-state index contributed by atoms with van der Waals surface area (Å²) in [5, 5.41) is 4.40. The summed E-state index contributed by atoms with van der Waals surface area (Å²) in [6.07, 6.45) is 0. The molecule has 6 heteroatoms. The van der Waals surface area contributed by atoms with Crippen LogP contribution in [0.15, 0.2) is 27.4 Å². The summed E-state index contributed by atoms with van der Waals surface area (Å²) in [4.78, 5) is 11.5. The lowest BCUT2D eigenvalue weighted by Crippen LogP contribution is -2.08. The molecular weight excluding hydrogens is 244 g/mol. The number of nitrogen functional groups attached to an aromatic ring is 1. The molecule has 0 saturated heterocycles. The van der Waals surface area contributed by atoms with Gasteiger partial charge in [0.15, 0.2) is 5.58 Å². The maximum absolute atomic E-state index is 11.5. The molecule has 0 amide bonds. The van der Waals surface area contributed by atoms with E-state index in [9.17, 15) is 4.79 Å². The second-order valence-electron chi connectivity index (χ2n) is 4.59. The van der Waals surface area contributed by atoms with Gasteiger partial charge in [0.25, 0.3) is 0 Å². The topological polar surface area (TPSA) is 79.0 Å². The van der Waals surface area contributed by atoms with Crippen molar-refractivity contribution in [2.24, 2.45) is 14.1 Å². The van der Waals surface area contributed by atoms with Crippen LogP contribution in [0, 0.1) is 6.92 Å². The standard InChI is InChI=1S/C13H14N4O2/c1-7-11(15-17(3)12(7)14)8-4-5-10-9(6-8)16(2)13(18)19-10/h4-6H,14H2,1-3H3. The second kappa shape index (κ2) is 3.74. The minimum Gasteiger partial charge on any atom is -0.408 e. The van der Waals surface area contributed by atoms with Gasteiger partial charge in [-0.3, -0.25) is 9.25 Å².